The van der Waals surface area contributed by atoms with Crippen molar-refractivity contribution in [3.63, 3.8) is 0 Å². The van der Waals surface area contributed by atoms with E-state index in [-0.39, 0.29) is 5.91 Å². The number of carbonyl (C=O) groups is 1. The maximum Gasteiger partial charge on any atom is 0.224 e. The molecule has 0 aliphatic carbocycles. The van der Waals surface area contributed by atoms with Gasteiger partial charge in [-0.2, -0.15) is 0 Å². The molecule has 1 amide bonds. The fourth-order valence-corrected chi connectivity index (χ4v) is 2.54. The second kappa shape index (κ2) is 6.89. The van der Waals surface area contributed by atoms with Crippen LogP contribution in [0.2, 0.25) is 0 Å². The molecular weight excluding hydrogens is 339 g/mol. The largest absolute Gasteiger partial charge is 0.352 e. The van der Waals surface area contributed by atoms with Crippen LogP contribution in [0.5, 0.6) is 0 Å². The van der Waals surface area contributed by atoms with Crippen LogP contribution >= 0.6 is 22.6 Å². The van der Waals surface area contributed by atoms with Crippen LogP contribution in [0.3, 0.4) is 0 Å². The molecule has 2 rings (SSSR count). The molecule has 0 unspecified atom stereocenters. The number of halogens is 1. The van der Waals surface area contributed by atoms with Gasteiger partial charge in [-0.1, -0.05) is 23.8 Å². The molecule has 0 spiro atoms. The normalized spacial score (nSPS) is 15.1. The molecule has 0 bridgehead atoms. The molecule has 1 aliphatic heterocycles. The van der Waals surface area contributed by atoms with E-state index in [1.54, 1.807) is 0 Å². The number of amides is 1. The third kappa shape index (κ3) is 4.42. The highest BCUT2D eigenvalue weighted by molar-refractivity contribution is 14.1. The van der Waals surface area contributed by atoms with Gasteiger partial charge in [-0.3, -0.25) is 4.79 Å². The maximum absolute atomic E-state index is 11.8. The number of hydrogen-bond acceptors (Lipinski definition) is 2. The van der Waals surface area contributed by atoms with Crippen LogP contribution < -0.4 is 10.6 Å². The van der Waals surface area contributed by atoms with Crippen molar-refractivity contribution in [1.82, 2.24) is 10.6 Å². The zero-order valence-electron chi connectivity index (χ0n) is 10.2. The Morgan fingerprint density at radius 2 is 2.33 bits per heavy atom. The molecule has 0 aromatic heterocycles. The summed E-state index contributed by atoms with van der Waals surface area (Å²) in [5, 5.41) is 6.24. The summed E-state index contributed by atoms with van der Waals surface area (Å²) in [4.78, 5) is 11.8. The molecule has 1 aromatic rings. The van der Waals surface area contributed by atoms with Crippen LogP contribution in [0.15, 0.2) is 35.9 Å². The molecule has 1 heterocycles. The standard InChI is InChI=1S/C14H17IN2O/c15-13-3-1-2-12(8-13)9-14(18)17-10-11-4-6-16-7-5-11/h1-4,8,16H,5-7,9-10H2,(H,17,18). The zero-order valence-corrected chi connectivity index (χ0v) is 12.4. The summed E-state index contributed by atoms with van der Waals surface area (Å²) in [5.74, 6) is 0.0939. The van der Waals surface area contributed by atoms with Gasteiger partial charge in [-0.15, -0.1) is 0 Å². The fraction of sp³-hybridized carbons (Fsp3) is 0.357. The maximum atomic E-state index is 11.8. The average Bonchev–Trinajstić information content (AvgIpc) is 2.38. The molecule has 0 fully saturated rings. The third-order valence-corrected chi connectivity index (χ3v) is 3.60. The van der Waals surface area contributed by atoms with Gasteiger partial charge in [0.15, 0.2) is 0 Å². The summed E-state index contributed by atoms with van der Waals surface area (Å²) in [6, 6.07) is 8.05. The minimum Gasteiger partial charge on any atom is -0.352 e. The van der Waals surface area contributed by atoms with Gasteiger partial charge in [0, 0.05) is 16.7 Å². The lowest BCUT2D eigenvalue weighted by molar-refractivity contribution is -0.120. The lowest BCUT2D eigenvalue weighted by Gasteiger charge is -2.14. The van der Waals surface area contributed by atoms with Gasteiger partial charge in [-0.25, -0.2) is 0 Å². The van der Waals surface area contributed by atoms with Crippen molar-refractivity contribution < 1.29 is 4.79 Å². The van der Waals surface area contributed by atoms with Gasteiger partial charge in [0.05, 0.1) is 6.42 Å². The smallest absolute Gasteiger partial charge is 0.224 e. The number of benzene rings is 1. The molecule has 0 saturated heterocycles. The first-order chi connectivity index (χ1) is 8.74. The molecule has 4 heteroatoms. The van der Waals surface area contributed by atoms with E-state index in [0.717, 1.165) is 25.1 Å². The Bertz CT molecular complexity index is 457. The van der Waals surface area contributed by atoms with Crippen molar-refractivity contribution in [1.29, 1.82) is 0 Å². The van der Waals surface area contributed by atoms with Crippen LogP contribution in [0.1, 0.15) is 12.0 Å². The molecule has 96 valence electrons. The number of hydrogen-bond donors (Lipinski definition) is 2. The van der Waals surface area contributed by atoms with E-state index in [1.807, 2.05) is 24.3 Å². The summed E-state index contributed by atoms with van der Waals surface area (Å²) in [7, 11) is 0. The molecule has 0 radical (unpaired) electrons. The second-order valence-corrected chi connectivity index (χ2v) is 5.65. The van der Waals surface area contributed by atoms with E-state index in [4.69, 9.17) is 0 Å². The predicted molar refractivity (Wildman–Crippen MR) is 81.4 cm³/mol. The van der Waals surface area contributed by atoms with E-state index in [1.165, 1.54) is 9.14 Å². The lowest BCUT2D eigenvalue weighted by atomic mass is 10.1. The first-order valence-electron chi connectivity index (χ1n) is 6.14. The Morgan fingerprint density at radius 1 is 1.44 bits per heavy atom. The van der Waals surface area contributed by atoms with E-state index < -0.39 is 0 Å². The van der Waals surface area contributed by atoms with Crippen molar-refractivity contribution in [2.24, 2.45) is 0 Å². The van der Waals surface area contributed by atoms with Gasteiger partial charge in [-0.05, 0) is 53.3 Å². The Hall–Kier alpha value is -0.880. The Balaban J connectivity index is 1.80. The monoisotopic (exact) mass is 356 g/mol. The molecule has 2 N–H and O–H groups in total. The van der Waals surface area contributed by atoms with Crippen LogP contribution in [-0.4, -0.2) is 25.5 Å². The quantitative estimate of drug-likeness (QED) is 0.639. The lowest BCUT2D eigenvalue weighted by Crippen LogP contribution is -2.30. The topological polar surface area (TPSA) is 41.1 Å². The van der Waals surface area contributed by atoms with Crippen molar-refractivity contribution >= 4 is 28.5 Å². The summed E-state index contributed by atoms with van der Waals surface area (Å²) in [6.07, 6.45) is 3.65. The Morgan fingerprint density at radius 3 is 3.06 bits per heavy atom. The molecule has 0 saturated carbocycles. The van der Waals surface area contributed by atoms with Crippen LogP contribution in [0.4, 0.5) is 0 Å². The van der Waals surface area contributed by atoms with E-state index in [9.17, 15) is 4.79 Å². The second-order valence-electron chi connectivity index (χ2n) is 4.40. The molecule has 1 aliphatic rings. The molecule has 0 atom stereocenters. The van der Waals surface area contributed by atoms with Crippen LogP contribution in [-0.2, 0) is 11.2 Å². The minimum atomic E-state index is 0.0939. The van der Waals surface area contributed by atoms with Crippen molar-refractivity contribution in [3.05, 3.63) is 45.0 Å². The van der Waals surface area contributed by atoms with E-state index in [0.29, 0.717) is 13.0 Å². The number of rotatable bonds is 4. The van der Waals surface area contributed by atoms with Crippen LogP contribution in [0.25, 0.3) is 0 Å². The summed E-state index contributed by atoms with van der Waals surface area (Å²) >= 11 is 2.26. The Labute approximate surface area is 121 Å². The van der Waals surface area contributed by atoms with Gasteiger partial charge >= 0.3 is 0 Å². The van der Waals surface area contributed by atoms with Gasteiger partial charge in [0.25, 0.3) is 0 Å². The molecule has 3 nitrogen and oxygen atoms in total. The van der Waals surface area contributed by atoms with E-state index >= 15 is 0 Å². The highest BCUT2D eigenvalue weighted by atomic mass is 127. The average molecular weight is 356 g/mol. The van der Waals surface area contributed by atoms with Gasteiger partial charge < -0.3 is 10.6 Å². The van der Waals surface area contributed by atoms with Crippen molar-refractivity contribution in [3.8, 4) is 0 Å². The molecular formula is C14H17IN2O. The zero-order chi connectivity index (χ0) is 12.8. The van der Waals surface area contributed by atoms with Gasteiger partial charge in [0.1, 0.15) is 0 Å². The highest BCUT2D eigenvalue weighted by Gasteiger charge is 2.06. The van der Waals surface area contributed by atoms with Crippen molar-refractivity contribution in [2.75, 3.05) is 19.6 Å². The molecule has 1 aromatic carbocycles. The van der Waals surface area contributed by atoms with E-state index in [2.05, 4.69) is 39.3 Å². The first kappa shape index (κ1) is 13.5. The fourth-order valence-electron chi connectivity index (χ4n) is 1.94. The number of carbonyl (C=O) groups excluding carboxylic acids is 1. The minimum absolute atomic E-state index is 0.0939. The highest BCUT2D eigenvalue weighted by Crippen LogP contribution is 2.08. The molecule has 18 heavy (non-hydrogen) atoms. The predicted octanol–water partition coefficient (Wildman–Crippen LogP) is 1.87. The SMILES string of the molecule is O=C(Cc1cccc(I)c1)NCC1=CCNCC1. The first-order valence-corrected chi connectivity index (χ1v) is 7.22. The van der Waals surface area contributed by atoms with Crippen molar-refractivity contribution in [2.45, 2.75) is 12.8 Å². The summed E-state index contributed by atoms with van der Waals surface area (Å²) in [6.45, 7) is 2.62. The number of nitrogens with one attached hydrogen (secondary N) is 2. The Kier molecular flexibility index (Phi) is 5.19. The van der Waals surface area contributed by atoms with Gasteiger partial charge in [0.2, 0.25) is 5.91 Å². The summed E-state index contributed by atoms with van der Waals surface area (Å²) in [5.41, 5.74) is 2.39. The van der Waals surface area contributed by atoms with Crippen LogP contribution in [0, 0.1) is 3.57 Å². The summed E-state index contributed by atoms with van der Waals surface area (Å²) < 4.78 is 1.17. The third-order valence-electron chi connectivity index (χ3n) is 2.92.